The number of benzene rings is 2. The Morgan fingerprint density at radius 2 is 1.77 bits per heavy atom. The van der Waals surface area contributed by atoms with Crippen LogP contribution in [0, 0.1) is 12.7 Å². The normalized spacial score (nSPS) is 15.4. The van der Waals surface area contributed by atoms with Crippen LogP contribution in [-0.2, 0) is 4.79 Å². The van der Waals surface area contributed by atoms with E-state index in [4.69, 9.17) is 0 Å². The van der Waals surface area contributed by atoms with Gasteiger partial charge < -0.3 is 15.1 Å². The van der Waals surface area contributed by atoms with Gasteiger partial charge in [-0.05, 0) is 61.5 Å². The number of anilines is 2. The Bertz CT molecular complexity index is 793. The second-order valence-electron chi connectivity index (χ2n) is 6.66. The molecular formula is C21H24FN3O. The van der Waals surface area contributed by atoms with Crippen molar-refractivity contribution in [3.63, 3.8) is 0 Å². The topological polar surface area (TPSA) is 35.6 Å². The third kappa shape index (κ3) is 4.70. The first-order valence-electron chi connectivity index (χ1n) is 8.80. The number of aryl methyl sites for hydroxylation is 1. The van der Waals surface area contributed by atoms with E-state index in [2.05, 4.69) is 34.3 Å². The Morgan fingerprint density at radius 3 is 2.42 bits per heavy atom. The number of hydrogen-bond acceptors (Lipinski definition) is 3. The van der Waals surface area contributed by atoms with Gasteiger partial charge in [0, 0.05) is 43.6 Å². The maximum Gasteiger partial charge on any atom is 0.248 e. The van der Waals surface area contributed by atoms with E-state index in [1.54, 1.807) is 18.2 Å². The molecule has 1 N–H and O–H groups in total. The molecule has 1 saturated heterocycles. The number of nitrogens with one attached hydrogen (secondary N) is 1. The molecule has 136 valence electrons. The lowest BCUT2D eigenvalue weighted by molar-refractivity contribution is -0.111. The van der Waals surface area contributed by atoms with Gasteiger partial charge in [0.15, 0.2) is 0 Å². The standard InChI is InChI=1S/C21H24FN3O/c1-16-15-19(25-13-11-24(2)12-14-25)8-9-20(16)23-21(26)10-5-17-3-6-18(22)7-4-17/h3-10,15H,11-14H2,1-2H3,(H,23,26)/b10-5+. The number of nitrogens with zero attached hydrogens (tertiary/aromatic N) is 2. The van der Waals surface area contributed by atoms with Crippen molar-refractivity contribution in [2.45, 2.75) is 6.92 Å². The number of carbonyl (C=O) groups is 1. The van der Waals surface area contributed by atoms with Gasteiger partial charge in [-0.2, -0.15) is 0 Å². The maximum absolute atomic E-state index is 12.9. The predicted molar refractivity (Wildman–Crippen MR) is 105 cm³/mol. The molecule has 0 atom stereocenters. The Hall–Kier alpha value is -2.66. The van der Waals surface area contributed by atoms with E-state index in [1.807, 2.05) is 13.0 Å². The van der Waals surface area contributed by atoms with Crippen LogP contribution in [0.2, 0.25) is 0 Å². The zero-order valence-corrected chi connectivity index (χ0v) is 15.2. The predicted octanol–water partition coefficient (Wildman–Crippen LogP) is 3.54. The third-order valence-corrected chi connectivity index (χ3v) is 4.63. The van der Waals surface area contributed by atoms with E-state index in [1.165, 1.54) is 23.9 Å². The van der Waals surface area contributed by atoms with E-state index in [0.717, 1.165) is 43.0 Å². The molecule has 2 aromatic carbocycles. The summed E-state index contributed by atoms with van der Waals surface area (Å²) in [7, 11) is 2.14. The Labute approximate surface area is 153 Å². The van der Waals surface area contributed by atoms with Crippen molar-refractivity contribution >= 4 is 23.4 Å². The monoisotopic (exact) mass is 353 g/mol. The fraction of sp³-hybridized carbons (Fsp3) is 0.286. The van der Waals surface area contributed by atoms with Crippen molar-refractivity contribution in [2.24, 2.45) is 0 Å². The highest BCUT2D eigenvalue weighted by atomic mass is 19.1. The summed E-state index contributed by atoms with van der Waals surface area (Å²) in [6.07, 6.45) is 3.13. The summed E-state index contributed by atoms with van der Waals surface area (Å²) in [6.45, 7) is 6.15. The van der Waals surface area contributed by atoms with Gasteiger partial charge in [0.1, 0.15) is 5.82 Å². The Morgan fingerprint density at radius 1 is 1.08 bits per heavy atom. The molecule has 0 spiro atoms. The number of amides is 1. The number of hydrogen-bond donors (Lipinski definition) is 1. The summed E-state index contributed by atoms with van der Waals surface area (Å²) in [5.41, 5.74) is 3.81. The van der Waals surface area contributed by atoms with Gasteiger partial charge in [-0.3, -0.25) is 4.79 Å². The number of rotatable bonds is 4. The quantitative estimate of drug-likeness (QED) is 0.854. The van der Waals surface area contributed by atoms with E-state index in [9.17, 15) is 9.18 Å². The van der Waals surface area contributed by atoms with Crippen LogP contribution < -0.4 is 10.2 Å². The molecule has 0 aliphatic carbocycles. The van der Waals surface area contributed by atoms with Crippen LogP contribution in [0.4, 0.5) is 15.8 Å². The molecule has 4 nitrogen and oxygen atoms in total. The van der Waals surface area contributed by atoms with Crippen LogP contribution in [0.25, 0.3) is 6.08 Å². The molecule has 2 aromatic rings. The zero-order chi connectivity index (χ0) is 18.5. The number of likely N-dealkylation sites (N-methyl/N-ethyl adjacent to an activating group) is 1. The summed E-state index contributed by atoms with van der Waals surface area (Å²) in [5, 5.41) is 2.90. The summed E-state index contributed by atoms with van der Waals surface area (Å²) in [5.74, 6) is -0.493. The highest BCUT2D eigenvalue weighted by molar-refractivity contribution is 6.02. The van der Waals surface area contributed by atoms with Crippen LogP contribution in [0.15, 0.2) is 48.5 Å². The molecule has 26 heavy (non-hydrogen) atoms. The molecule has 0 bridgehead atoms. The van der Waals surface area contributed by atoms with Crippen molar-refractivity contribution in [2.75, 3.05) is 43.4 Å². The summed E-state index contributed by atoms with van der Waals surface area (Å²) < 4.78 is 12.9. The van der Waals surface area contributed by atoms with Gasteiger partial charge in [-0.1, -0.05) is 12.1 Å². The fourth-order valence-electron chi connectivity index (χ4n) is 2.97. The van der Waals surface area contributed by atoms with Crippen LogP contribution in [0.1, 0.15) is 11.1 Å². The largest absolute Gasteiger partial charge is 0.369 e. The molecule has 3 rings (SSSR count). The molecule has 1 aliphatic rings. The molecule has 0 saturated carbocycles. The molecule has 1 amide bonds. The molecule has 1 fully saturated rings. The smallest absolute Gasteiger partial charge is 0.248 e. The van der Waals surface area contributed by atoms with Crippen LogP contribution in [-0.4, -0.2) is 44.0 Å². The van der Waals surface area contributed by atoms with Crippen molar-refractivity contribution in [3.05, 3.63) is 65.5 Å². The molecule has 0 unspecified atom stereocenters. The molecule has 0 aromatic heterocycles. The minimum Gasteiger partial charge on any atom is -0.369 e. The molecule has 5 heteroatoms. The summed E-state index contributed by atoms with van der Waals surface area (Å²) in [6, 6.07) is 12.1. The highest BCUT2D eigenvalue weighted by Crippen LogP contribution is 2.23. The van der Waals surface area contributed by atoms with Gasteiger partial charge in [-0.15, -0.1) is 0 Å². The van der Waals surface area contributed by atoms with Gasteiger partial charge in [0.05, 0.1) is 0 Å². The van der Waals surface area contributed by atoms with Crippen molar-refractivity contribution in [1.82, 2.24) is 4.90 Å². The highest BCUT2D eigenvalue weighted by Gasteiger charge is 2.15. The first kappa shape index (κ1) is 18.1. The minimum absolute atomic E-state index is 0.204. The SMILES string of the molecule is Cc1cc(N2CCN(C)CC2)ccc1NC(=O)/C=C/c1ccc(F)cc1. The molecule has 1 heterocycles. The molecule has 1 aliphatic heterocycles. The first-order valence-corrected chi connectivity index (χ1v) is 8.80. The second-order valence-corrected chi connectivity index (χ2v) is 6.66. The Kier molecular flexibility index (Phi) is 5.68. The lowest BCUT2D eigenvalue weighted by Gasteiger charge is -2.34. The Balaban J connectivity index is 1.62. The average Bonchev–Trinajstić information content (AvgIpc) is 2.63. The van der Waals surface area contributed by atoms with Crippen LogP contribution in [0.3, 0.4) is 0 Å². The van der Waals surface area contributed by atoms with Gasteiger partial charge >= 0.3 is 0 Å². The lowest BCUT2D eigenvalue weighted by Crippen LogP contribution is -2.44. The molecule has 0 radical (unpaired) electrons. The summed E-state index contributed by atoms with van der Waals surface area (Å²) in [4.78, 5) is 16.8. The maximum atomic E-state index is 12.9. The van der Waals surface area contributed by atoms with Crippen molar-refractivity contribution < 1.29 is 9.18 Å². The van der Waals surface area contributed by atoms with Crippen LogP contribution >= 0.6 is 0 Å². The van der Waals surface area contributed by atoms with Gasteiger partial charge in [-0.25, -0.2) is 4.39 Å². The second kappa shape index (κ2) is 8.15. The van der Waals surface area contributed by atoms with E-state index in [-0.39, 0.29) is 11.7 Å². The van der Waals surface area contributed by atoms with E-state index >= 15 is 0 Å². The van der Waals surface area contributed by atoms with E-state index < -0.39 is 0 Å². The summed E-state index contributed by atoms with van der Waals surface area (Å²) >= 11 is 0. The van der Waals surface area contributed by atoms with Gasteiger partial charge in [0.25, 0.3) is 0 Å². The lowest BCUT2D eigenvalue weighted by atomic mass is 10.1. The van der Waals surface area contributed by atoms with E-state index in [0.29, 0.717) is 0 Å². The zero-order valence-electron chi connectivity index (χ0n) is 15.2. The number of halogens is 1. The molecular weight excluding hydrogens is 329 g/mol. The third-order valence-electron chi connectivity index (χ3n) is 4.63. The number of carbonyl (C=O) groups excluding carboxylic acids is 1. The van der Waals surface area contributed by atoms with Crippen molar-refractivity contribution in [1.29, 1.82) is 0 Å². The number of piperazine rings is 1. The fourth-order valence-corrected chi connectivity index (χ4v) is 2.97. The van der Waals surface area contributed by atoms with Crippen LogP contribution in [0.5, 0.6) is 0 Å². The minimum atomic E-state index is -0.289. The first-order chi connectivity index (χ1) is 12.5. The average molecular weight is 353 g/mol. The van der Waals surface area contributed by atoms with Gasteiger partial charge in [0.2, 0.25) is 5.91 Å². The van der Waals surface area contributed by atoms with Crippen molar-refractivity contribution in [3.8, 4) is 0 Å².